The molecule has 4 heteroatoms. The van der Waals surface area contributed by atoms with Crippen molar-refractivity contribution >= 4 is 11.8 Å². The Bertz CT molecular complexity index is 216. The van der Waals surface area contributed by atoms with Gasteiger partial charge in [-0.3, -0.25) is 14.9 Å². The predicted molar refractivity (Wildman–Crippen MR) is 49.1 cm³/mol. The summed E-state index contributed by atoms with van der Waals surface area (Å²) in [5, 5.41) is 5.49. The molecule has 0 radical (unpaired) electrons. The van der Waals surface area contributed by atoms with Gasteiger partial charge in [0.25, 0.3) is 0 Å². The van der Waals surface area contributed by atoms with Gasteiger partial charge in [0.2, 0.25) is 11.8 Å². The van der Waals surface area contributed by atoms with Crippen LogP contribution in [0.3, 0.4) is 0 Å². The normalized spacial score (nSPS) is 25.5. The molecule has 2 N–H and O–H groups in total. The zero-order valence-electron chi connectivity index (χ0n) is 8.09. The lowest BCUT2D eigenvalue weighted by molar-refractivity contribution is -0.134. The van der Waals surface area contributed by atoms with E-state index in [9.17, 15) is 9.59 Å². The number of carbonyl (C=O) groups is 2. The van der Waals surface area contributed by atoms with Crippen molar-refractivity contribution in [2.75, 3.05) is 0 Å². The van der Waals surface area contributed by atoms with E-state index in [0.717, 1.165) is 6.42 Å². The first kappa shape index (κ1) is 10.2. The van der Waals surface area contributed by atoms with Gasteiger partial charge in [0.05, 0.1) is 6.04 Å². The van der Waals surface area contributed by atoms with E-state index in [0.29, 0.717) is 18.9 Å². The first-order chi connectivity index (χ1) is 6.13. The molecule has 2 amide bonds. The maximum absolute atomic E-state index is 11.3. The lowest BCUT2D eigenvalue weighted by Crippen LogP contribution is -2.52. The van der Waals surface area contributed by atoms with Gasteiger partial charge in [0.15, 0.2) is 0 Å². The third-order valence-corrected chi connectivity index (χ3v) is 2.34. The predicted octanol–water partition coefficient (Wildman–Crippen LogP) is 0.180. The topological polar surface area (TPSA) is 58.2 Å². The number of imide groups is 1. The van der Waals surface area contributed by atoms with Crippen molar-refractivity contribution in [3.8, 4) is 0 Å². The van der Waals surface area contributed by atoms with Crippen molar-refractivity contribution in [2.45, 2.75) is 45.2 Å². The summed E-state index contributed by atoms with van der Waals surface area (Å²) in [7, 11) is 0. The van der Waals surface area contributed by atoms with Gasteiger partial charge in [-0.2, -0.15) is 0 Å². The SMILES string of the molecule is CCC(C)NC1CCC(=O)NC1=O. The highest BCUT2D eigenvalue weighted by Crippen LogP contribution is 2.05. The van der Waals surface area contributed by atoms with E-state index >= 15 is 0 Å². The second-order valence-electron chi connectivity index (χ2n) is 3.48. The monoisotopic (exact) mass is 184 g/mol. The summed E-state index contributed by atoms with van der Waals surface area (Å²) in [5.41, 5.74) is 0. The molecular formula is C9H16N2O2. The molecule has 1 saturated heterocycles. The minimum absolute atomic E-state index is 0.160. The van der Waals surface area contributed by atoms with Crippen molar-refractivity contribution in [3.05, 3.63) is 0 Å². The fourth-order valence-electron chi connectivity index (χ4n) is 1.31. The Morgan fingerprint density at radius 2 is 2.31 bits per heavy atom. The largest absolute Gasteiger partial charge is 0.303 e. The smallest absolute Gasteiger partial charge is 0.243 e. The standard InChI is InChI=1S/C9H16N2O2/c1-3-6(2)10-7-4-5-8(12)11-9(7)13/h6-7,10H,3-5H2,1-2H3,(H,11,12,13). The molecule has 2 atom stereocenters. The lowest BCUT2D eigenvalue weighted by atomic mass is 10.0. The van der Waals surface area contributed by atoms with E-state index in [2.05, 4.69) is 17.6 Å². The number of carbonyl (C=O) groups excluding carboxylic acids is 2. The summed E-state index contributed by atoms with van der Waals surface area (Å²) >= 11 is 0. The van der Waals surface area contributed by atoms with Crippen LogP contribution in [0.4, 0.5) is 0 Å². The molecule has 0 aromatic carbocycles. The maximum atomic E-state index is 11.3. The molecule has 13 heavy (non-hydrogen) atoms. The molecule has 1 rings (SSSR count). The number of nitrogens with one attached hydrogen (secondary N) is 2. The molecule has 0 spiro atoms. The van der Waals surface area contributed by atoms with E-state index in [1.165, 1.54) is 0 Å². The van der Waals surface area contributed by atoms with Crippen LogP contribution >= 0.6 is 0 Å². The van der Waals surface area contributed by atoms with E-state index < -0.39 is 0 Å². The average molecular weight is 184 g/mol. The molecular weight excluding hydrogens is 168 g/mol. The van der Waals surface area contributed by atoms with Gasteiger partial charge >= 0.3 is 0 Å². The minimum atomic E-state index is -0.187. The lowest BCUT2D eigenvalue weighted by Gasteiger charge is -2.24. The molecule has 0 aliphatic carbocycles. The van der Waals surface area contributed by atoms with Crippen molar-refractivity contribution < 1.29 is 9.59 Å². The zero-order chi connectivity index (χ0) is 9.84. The second-order valence-corrected chi connectivity index (χ2v) is 3.48. The van der Waals surface area contributed by atoms with Crippen molar-refractivity contribution in [3.63, 3.8) is 0 Å². The Morgan fingerprint density at radius 3 is 2.85 bits per heavy atom. The number of rotatable bonds is 3. The Balaban J connectivity index is 2.42. The molecule has 2 unspecified atom stereocenters. The van der Waals surface area contributed by atoms with Crippen LogP contribution in [0, 0.1) is 0 Å². The van der Waals surface area contributed by atoms with Crippen molar-refractivity contribution in [1.82, 2.24) is 10.6 Å². The van der Waals surface area contributed by atoms with Gasteiger partial charge in [-0.25, -0.2) is 0 Å². The van der Waals surface area contributed by atoms with Crippen LogP contribution in [0.1, 0.15) is 33.1 Å². The molecule has 0 saturated carbocycles. The fourth-order valence-corrected chi connectivity index (χ4v) is 1.31. The molecule has 0 bridgehead atoms. The van der Waals surface area contributed by atoms with Crippen LogP contribution in [0.15, 0.2) is 0 Å². The zero-order valence-corrected chi connectivity index (χ0v) is 8.09. The van der Waals surface area contributed by atoms with Gasteiger partial charge in [-0.15, -0.1) is 0 Å². The Hall–Kier alpha value is -0.900. The quantitative estimate of drug-likeness (QED) is 0.615. The van der Waals surface area contributed by atoms with Gasteiger partial charge in [-0.05, 0) is 19.8 Å². The van der Waals surface area contributed by atoms with E-state index in [4.69, 9.17) is 0 Å². The van der Waals surface area contributed by atoms with Crippen LogP contribution in [-0.2, 0) is 9.59 Å². The van der Waals surface area contributed by atoms with Gasteiger partial charge in [0, 0.05) is 12.5 Å². The van der Waals surface area contributed by atoms with Gasteiger partial charge < -0.3 is 5.32 Å². The number of hydrogen-bond acceptors (Lipinski definition) is 3. The molecule has 1 aliphatic rings. The van der Waals surface area contributed by atoms with Crippen LogP contribution in [-0.4, -0.2) is 23.9 Å². The third kappa shape index (κ3) is 2.81. The average Bonchev–Trinajstić information content (AvgIpc) is 2.09. The van der Waals surface area contributed by atoms with Crippen LogP contribution in [0.25, 0.3) is 0 Å². The molecule has 1 aliphatic heterocycles. The Morgan fingerprint density at radius 1 is 1.62 bits per heavy atom. The number of amides is 2. The highest BCUT2D eigenvalue weighted by atomic mass is 16.2. The number of piperidine rings is 1. The molecule has 4 nitrogen and oxygen atoms in total. The summed E-state index contributed by atoms with van der Waals surface area (Å²) in [6.45, 7) is 4.09. The molecule has 74 valence electrons. The summed E-state index contributed by atoms with van der Waals surface area (Å²) < 4.78 is 0. The molecule has 1 heterocycles. The molecule has 0 aromatic heterocycles. The van der Waals surface area contributed by atoms with Gasteiger partial charge in [-0.1, -0.05) is 6.92 Å². The fraction of sp³-hybridized carbons (Fsp3) is 0.778. The van der Waals surface area contributed by atoms with Crippen LogP contribution in [0.5, 0.6) is 0 Å². The Kier molecular flexibility index (Phi) is 3.42. The summed E-state index contributed by atoms with van der Waals surface area (Å²) in [6, 6.07) is 0.136. The second kappa shape index (κ2) is 4.37. The molecule has 0 aromatic rings. The summed E-state index contributed by atoms with van der Waals surface area (Å²) in [5.74, 6) is -0.344. The van der Waals surface area contributed by atoms with E-state index in [1.807, 2.05) is 6.92 Å². The highest BCUT2D eigenvalue weighted by Gasteiger charge is 2.26. The van der Waals surface area contributed by atoms with Crippen molar-refractivity contribution in [2.24, 2.45) is 0 Å². The number of hydrogen-bond donors (Lipinski definition) is 2. The Labute approximate surface area is 78.1 Å². The van der Waals surface area contributed by atoms with Crippen molar-refractivity contribution in [1.29, 1.82) is 0 Å². The van der Waals surface area contributed by atoms with Gasteiger partial charge in [0.1, 0.15) is 0 Å². The maximum Gasteiger partial charge on any atom is 0.243 e. The minimum Gasteiger partial charge on any atom is -0.303 e. The van der Waals surface area contributed by atoms with E-state index in [1.54, 1.807) is 0 Å². The first-order valence-electron chi connectivity index (χ1n) is 4.73. The van der Waals surface area contributed by atoms with E-state index in [-0.39, 0.29) is 17.9 Å². The van der Waals surface area contributed by atoms with Crippen LogP contribution < -0.4 is 10.6 Å². The first-order valence-corrected chi connectivity index (χ1v) is 4.73. The summed E-state index contributed by atoms with van der Waals surface area (Å²) in [6.07, 6.45) is 2.05. The molecule has 1 fully saturated rings. The third-order valence-electron chi connectivity index (χ3n) is 2.34. The highest BCUT2D eigenvalue weighted by molar-refractivity contribution is 6.00. The summed E-state index contributed by atoms with van der Waals surface area (Å²) in [4.78, 5) is 22.1. The van der Waals surface area contributed by atoms with Crippen LogP contribution in [0.2, 0.25) is 0 Å².